The summed E-state index contributed by atoms with van der Waals surface area (Å²) < 4.78 is 10.0. The Bertz CT molecular complexity index is 623. The molecule has 0 aliphatic heterocycles. The molecule has 0 bridgehead atoms. The molecule has 2 rings (SSSR count). The molecular formula is C13H18N4O3. The third-order valence-electron chi connectivity index (χ3n) is 2.96. The van der Waals surface area contributed by atoms with Gasteiger partial charge in [-0.1, -0.05) is 12.1 Å². The molecule has 0 fully saturated rings. The second-order valence-electron chi connectivity index (χ2n) is 4.52. The lowest BCUT2D eigenvalue weighted by Crippen LogP contribution is -2.17. The second kappa shape index (κ2) is 5.85. The van der Waals surface area contributed by atoms with Crippen LogP contribution in [0.5, 0.6) is 0 Å². The van der Waals surface area contributed by atoms with Crippen LogP contribution in [0.15, 0.2) is 4.52 Å². The van der Waals surface area contributed by atoms with Crippen LogP contribution < -0.4 is 5.32 Å². The van der Waals surface area contributed by atoms with Gasteiger partial charge in [0.1, 0.15) is 11.2 Å². The van der Waals surface area contributed by atoms with Crippen molar-refractivity contribution in [3.63, 3.8) is 0 Å². The molecule has 0 amide bonds. The number of carbonyl (C=O) groups excluding carboxylic acids is 1. The van der Waals surface area contributed by atoms with Gasteiger partial charge >= 0.3 is 5.97 Å². The number of rotatable bonds is 5. The number of aryl methyl sites for hydroxylation is 1. The van der Waals surface area contributed by atoms with Crippen LogP contribution >= 0.6 is 0 Å². The van der Waals surface area contributed by atoms with Crippen LogP contribution in [0.25, 0.3) is 11.1 Å². The zero-order valence-corrected chi connectivity index (χ0v) is 12.1. The third kappa shape index (κ3) is 2.71. The molecule has 0 aromatic carbocycles. The molecule has 0 unspecified atom stereocenters. The Morgan fingerprint density at radius 2 is 2.15 bits per heavy atom. The van der Waals surface area contributed by atoms with Gasteiger partial charge in [0.2, 0.25) is 5.82 Å². The van der Waals surface area contributed by atoms with Crippen molar-refractivity contribution >= 4 is 22.9 Å². The number of carbonyl (C=O) groups is 1. The molecule has 0 radical (unpaired) electrons. The molecule has 108 valence electrons. The van der Waals surface area contributed by atoms with E-state index in [4.69, 9.17) is 9.26 Å². The lowest BCUT2D eigenvalue weighted by molar-refractivity contribution is 0.0512. The van der Waals surface area contributed by atoms with Crippen molar-refractivity contribution in [1.82, 2.24) is 15.1 Å². The highest BCUT2D eigenvalue weighted by Gasteiger charge is 2.20. The van der Waals surface area contributed by atoms with E-state index in [0.717, 1.165) is 6.42 Å². The van der Waals surface area contributed by atoms with Crippen LogP contribution in [0.1, 0.15) is 43.5 Å². The largest absolute Gasteiger partial charge is 0.460 e. The number of hydrogen-bond donors (Lipinski definition) is 1. The molecule has 1 atom stereocenters. The van der Waals surface area contributed by atoms with E-state index in [1.165, 1.54) is 0 Å². The van der Waals surface area contributed by atoms with Crippen LogP contribution in [-0.2, 0) is 4.74 Å². The normalized spacial score (nSPS) is 12.4. The molecule has 2 heterocycles. The van der Waals surface area contributed by atoms with Crippen LogP contribution in [0.2, 0.25) is 0 Å². The fraction of sp³-hybridized carbons (Fsp3) is 0.538. The SMILES string of the molecule is CCOC(=O)c1nc(N[C@H](C)CC)c2c(C)noc2n1. The zero-order valence-electron chi connectivity index (χ0n) is 12.1. The van der Waals surface area contributed by atoms with Crippen molar-refractivity contribution in [1.29, 1.82) is 0 Å². The van der Waals surface area contributed by atoms with Gasteiger partial charge in [-0.25, -0.2) is 9.78 Å². The van der Waals surface area contributed by atoms with Crippen LogP contribution in [0, 0.1) is 6.92 Å². The van der Waals surface area contributed by atoms with E-state index in [1.807, 2.05) is 6.92 Å². The van der Waals surface area contributed by atoms with Gasteiger partial charge in [-0.05, 0) is 27.2 Å². The summed E-state index contributed by atoms with van der Waals surface area (Å²) >= 11 is 0. The molecule has 2 aromatic heterocycles. The summed E-state index contributed by atoms with van der Waals surface area (Å²) in [6.45, 7) is 7.89. The van der Waals surface area contributed by atoms with Crippen LogP contribution in [0.4, 0.5) is 5.82 Å². The summed E-state index contributed by atoms with van der Waals surface area (Å²) in [6.07, 6.45) is 0.921. The number of hydrogen-bond acceptors (Lipinski definition) is 7. The van der Waals surface area contributed by atoms with Crippen LogP contribution in [-0.4, -0.2) is 33.7 Å². The highest BCUT2D eigenvalue weighted by molar-refractivity contribution is 5.93. The van der Waals surface area contributed by atoms with E-state index in [2.05, 4.69) is 27.4 Å². The van der Waals surface area contributed by atoms with Crippen molar-refractivity contribution in [2.24, 2.45) is 0 Å². The van der Waals surface area contributed by atoms with Crippen molar-refractivity contribution < 1.29 is 14.1 Å². The minimum absolute atomic E-state index is 0.0266. The van der Waals surface area contributed by atoms with Gasteiger partial charge in [0, 0.05) is 6.04 Å². The van der Waals surface area contributed by atoms with Gasteiger partial charge in [0.25, 0.3) is 5.71 Å². The lowest BCUT2D eigenvalue weighted by Gasteiger charge is -2.13. The summed E-state index contributed by atoms with van der Waals surface area (Å²) in [6, 6.07) is 0.206. The molecule has 0 saturated heterocycles. The van der Waals surface area contributed by atoms with Gasteiger partial charge in [-0.2, -0.15) is 4.98 Å². The molecular weight excluding hydrogens is 260 g/mol. The number of ether oxygens (including phenoxy) is 1. The fourth-order valence-electron chi connectivity index (χ4n) is 1.72. The smallest absolute Gasteiger partial charge is 0.376 e. The number of nitrogens with zero attached hydrogens (tertiary/aromatic N) is 3. The van der Waals surface area contributed by atoms with Crippen molar-refractivity contribution in [3.8, 4) is 0 Å². The summed E-state index contributed by atoms with van der Waals surface area (Å²) in [4.78, 5) is 20.1. The van der Waals surface area contributed by atoms with Gasteiger partial charge in [-0.15, -0.1) is 0 Å². The first-order valence-corrected chi connectivity index (χ1v) is 6.64. The highest BCUT2D eigenvalue weighted by Crippen LogP contribution is 2.24. The van der Waals surface area contributed by atoms with E-state index in [-0.39, 0.29) is 24.2 Å². The Morgan fingerprint density at radius 3 is 2.80 bits per heavy atom. The predicted molar refractivity (Wildman–Crippen MR) is 73.7 cm³/mol. The molecule has 7 heteroatoms. The average Bonchev–Trinajstić information content (AvgIpc) is 2.80. The maximum absolute atomic E-state index is 11.8. The summed E-state index contributed by atoms with van der Waals surface area (Å²) in [7, 11) is 0. The van der Waals surface area contributed by atoms with Gasteiger partial charge in [0.15, 0.2) is 0 Å². The molecule has 20 heavy (non-hydrogen) atoms. The number of anilines is 1. The van der Waals surface area contributed by atoms with E-state index in [9.17, 15) is 4.79 Å². The minimum Gasteiger partial charge on any atom is -0.460 e. The molecule has 2 aromatic rings. The lowest BCUT2D eigenvalue weighted by atomic mass is 10.2. The molecule has 0 aliphatic rings. The molecule has 7 nitrogen and oxygen atoms in total. The third-order valence-corrected chi connectivity index (χ3v) is 2.96. The number of fused-ring (bicyclic) bond motifs is 1. The quantitative estimate of drug-likeness (QED) is 0.839. The molecule has 1 N–H and O–H groups in total. The standard InChI is InChI=1S/C13H18N4O3/c1-5-7(3)14-10-9-8(4)17-20-12(9)16-11(15-10)13(18)19-6-2/h7H,5-6H2,1-4H3,(H,14,15,16)/t7-/m1/s1. The highest BCUT2D eigenvalue weighted by atomic mass is 16.5. The maximum Gasteiger partial charge on any atom is 0.376 e. The second-order valence-corrected chi connectivity index (χ2v) is 4.52. The Hall–Kier alpha value is -2.18. The summed E-state index contributed by atoms with van der Waals surface area (Å²) in [5.74, 6) is -0.0527. The first kappa shape index (κ1) is 14.2. The van der Waals surface area contributed by atoms with Gasteiger partial charge < -0.3 is 14.6 Å². The van der Waals surface area contributed by atoms with Gasteiger partial charge in [-0.3, -0.25) is 0 Å². The van der Waals surface area contributed by atoms with E-state index < -0.39 is 5.97 Å². The number of esters is 1. The van der Waals surface area contributed by atoms with Crippen LogP contribution in [0.3, 0.4) is 0 Å². The number of aromatic nitrogens is 3. The van der Waals surface area contributed by atoms with Gasteiger partial charge in [0.05, 0.1) is 12.3 Å². The predicted octanol–water partition coefficient (Wildman–Crippen LogP) is 2.31. The van der Waals surface area contributed by atoms with Crippen molar-refractivity contribution in [2.45, 2.75) is 40.2 Å². The van der Waals surface area contributed by atoms with Crippen molar-refractivity contribution in [2.75, 3.05) is 11.9 Å². The Kier molecular flexibility index (Phi) is 4.16. The Balaban J connectivity index is 2.50. The minimum atomic E-state index is -0.573. The maximum atomic E-state index is 11.8. The fourth-order valence-corrected chi connectivity index (χ4v) is 1.72. The Morgan fingerprint density at radius 1 is 1.40 bits per heavy atom. The first-order chi connectivity index (χ1) is 9.56. The average molecular weight is 278 g/mol. The first-order valence-electron chi connectivity index (χ1n) is 6.64. The summed E-state index contributed by atoms with van der Waals surface area (Å²) in [5, 5.41) is 7.80. The van der Waals surface area contributed by atoms with Crippen molar-refractivity contribution in [3.05, 3.63) is 11.5 Å². The monoisotopic (exact) mass is 278 g/mol. The zero-order chi connectivity index (χ0) is 14.7. The topological polar surface area (TPSA) is 90.1 Å². The molecule has 0 spiro atoms. The molecule has 0 aliphatic carbocycles. The van der Waals surface area contributed by atoms with E-state index >= 15 is 0 Å². The Labute approximate surface area is 116 Å². The molecule has 0 saturated carbocycles. The number of nitrogens with one attached hydrogen (secondary N) is 1. The summed E-state index contributed by atoms with van der Waals surface area (Å²) in [5.41, 5.74) is 0.965. The van der Waals surface area contributed by atoms with E-state index in [1.54, 1.807) is 13.8 Å². The van der Waals surface area contributed by atoms with E-state index in [0.29, 0.717) is 16.9 Å².